The van der Waals surface area contributed by atoms with Crippen molar-refractivity contribution < 1.29 is 14.3 Å². The zero-order valence-corrected chi connectivity index (χ0v) is 18.2. The van der Waals surface area contributed by atoms with Crippen LogP contribution in [0.4, 0.5) is 5.69 Å². The van der Waals surface area contributed by atoms with Crippen molar-refractivity contribution in [1.82, 2.24) is 0 Å². The molecule has 1 heterocycles. The average Bonchev–Trinajstić information content (AvgIpc) is 3.00. The molecule has 1 aliphatic rings. The molecular weight excluding hydrogens is 456 g/mol. The molecule has 2 aromatic carbocycles. The van der Waals surface area contributed by atoms with Gasteiger partial charge in [0.15, 0.2) is 5.17 Å². The number of amides is 2. The van der Waals surface area contributed by atoms with E-state index in [1.54, 1.807) is 31.4 Å². The molecule has 2 aromatic rings. The molecule has 1 atom stereocenters. The van der Waals surface area contributed by atoms with Gasteiger partial charge in [0, 0.05) is 10.9 Å². The fourth-order valence-corrected chi connectivity index (χ4v) is 3.82. The first-order valence-electron chi connectivity index (χ1n) is 8.70. The van der Waals surface area contributed by atoms with Gasteiger partial charge in [-0.1, -0.05) is 27.7 Å². The van der Waals surface area contributed by atoms with Crippen molar-refractivity contribution in [3.8, 4) is 5.75 Å². The largest absolute Gasteiger partial charge is 0.497 e. The molecule has 0 aromatic heterocycles. The first kappa shape index (κ1) is 21.1. The molecule has 29 heavy (non-hydrogen) atoms. The van der Waals surface area contributed by atoms with Crippen LogP contribution in [-0.2, 0) is 9.59 Å². The van der Waals surface area contributed by atoms with Crippen LogP contribution in [0.3, 0.4) is 0 Å². The van der Waals surface area contributed by atoms with Crippen LogP contribution in [-0.4, -0.2) is 35.1 Å². The van der Waals surface area contributed by atoms with E-state index >= 15 is 0 Å². The number of nitrogens with two attached hydrogens (primary N) is 1. The maximum Gasteiger partial charge on any atom is 0.247 e. The van der Waals surface area contributed by atoms with Crippen molar-refractivity contribution in [3.05, 3.63) is 58.6 Å². The number of amidine groups is 1. The van der Waals surface area contributed by atoms with Gasteiger partial charge in [-0.25, -0.2) is 4.90 Å². The van der Waals surface area contributed by atoms with E-state index in [-0.39, 0.29) is 23.4 Å². The molecule has 150 valence electrons. The summed E-state index contributed by atoms with van der Waals surface area (Å²) >= 11 is 4.38. The second kappa shape index (κ2) is 9.23. The third-order valence-corrected chi connectivity index (χ3v) is 5.76. The lowest BCUT2D eigenvalue weighted by molar-refractivity contribution is -0.121. The summed E-state index contributed by atoms with van der Waals surface area (Å²) in [4.78, 5) is 26.2. The Labute approximate surface area is 181 Å². The van der Waals surface area contributed by atoms with Gasteiger partial charge in [0.05, 0.1) is 18.5 Å². The zero-order chi connectivity index (χ0) is 21.0. The van der Waals surface area contributed by atoms with E-state index in [9.17, 15) is 9.59 Å². The predicted octanol–water partition coefficient (Wildman–Crippen LogP) is 3.56. The molecule has 7 nitrogen and oxygen atoms in total. The number of rotatable bonds is 5. The van der Waals surface area contributed by atoms with Gasteiger partial charge in [-0.05, 0) is 61.0 Å². The molecule has 2 amide bonds. The van der Waals surface area contributed by atoms with Gasteiger partial charge in [-0.15, -0.1) is 5.10 Å². The van der Waals surface area contributed by atoms with Crippen LogP contribution < -0.4 is 15.4 Å². The van der Waals surface area contributed by atoms with Crippen LogP contribution in [0.1, 0.15) is 18.9 Å². The van der Waals surface area contributed by atoms with E-state index < -0.39 is 5.25 Å². The first-order chi connectivity index (χ1) is 13.9. The highest BCUT2D eigenvalue weighted by molar-refractivity contribution is 9.10. The predicted molar refractivity (Wildman–Crippen MR) is 119 cm³/mol. The molecule has 1 fully saturated rings. The third-order valence-electron chi connectivity index (χ3n) is 4.26. The van der Waals surface area contributed by atoms with E-state index in [4.69, 9.17) is 10.5 Å². The summed E-state index contributed by atoms with van der Waals surface area (Å²) in [5.41, 5.74) is 8.02. The molecule has 9 heteroatoms. The summed E-state index contributed by atoms with van der Waals surface area (Å²) in [5, 5.41) is 7.63. The van der Waals surface area contributed by atoms with Gasteiger partial charge in [-0.3, -0.25) is 9.59 Å². The van der Waals surface area contributed by atoms with Gasteiger partial charge in [-0.2, -0.15) is 5.10 Å². The van der Waals surface area contributed by atoms with Crippen LogP contribution in [0.2, 0.25) is 0 Å². The topological polar surface area (TPSA) is 97.3 Å². The second-order valence-electron chi connectivity index (χ2n) is 6.21. The number of carbonyl (C=O) groups excluding carboxylic acids is 2. The van der Waals surface area contributed by atoms with Gasteiger partial charge < -0.3 is 10.5 Å². The lowest BCUT2D eigenvalue weighted by atomic mass is 10.1. The zero-order valence-electron chi connectivity index (χ0n) is 15.8. The molecule has 0 aliphatic carbocycles. The number of hydrogen-bond acceptors (Lipinski definition) is 6. The van der Waals surface area contributed by atoms with E-state index in [1.165, 1.54) is 4.90 Å². The Kier molecular flexibility index (Phi) is 6.71. The maximum absolute atomic E-state index is 12.7. The molecule has 0 saturated carbocycles. The van der Waals surface area contributed by atoms with E-state index in [2.05, 4.69) is 26.1 Å². The lowest BCUT2D eigenvalue weighted by Crippen LogP contribution is -2.31. The highest BCUT2D eigenvalue weighted by Gasteiger charge is 2.40. The number of hydrogen-bond donors (Lipinski definition) is 1. The number of ether oxygens (including phenoxy) is 1. The quantitative estimate of drug-likeness (QED) is 0.309. The normalized spacial score (nSPS) is 17.8. The van der Waals surface area contributed by atoms with Crippen molar-refractivity contribution in [1.29, 1.82) is 0 Å². The Morgan fingerprint density at radius 1 is 1.14 bits per heavy atom. The maximum atomic E-state index is 12.7. The summed E-state index contributed by atoms with van der Waals surface area (Å²) in [6, 6.07) is 14.4. The fraction of sp³-hybridized carbons (Fsp3) is 0.200. The first-order valence-corrected chi connectivity index (χ1v) is 10.4. The number of thioether (sulfide) groups is 1. The monoisotopic (exact) mass is 474 g/mol. The number of imide groups is 1. The Morgan fingerprint density at radius 3 is 2.41 bits per heavy atom. The number of benzene rings is 2. The van der Waals surface area contributed by atoms with Crippen LogP contribution in [0, 0.1) is 0 Å². The molecule has 0 spiro atoms. The number of halogens is 1. The van der Waals surface area contributed by atoms with Crippen molar-refractivity contribution in [2.24, 2.45) is 15.9 Å². The van der Waals surface area contributed by atoms with Crippen LogP contribution in [0.5, 0.6) is 5.75 Å². The summed E-state index contributed by atoms with van der Waals surface area (Å²) in [6.45, 7) is 1.81. The van der Waals surface area contributed by atoms with E-state index in [0.717, 1.165) is 27.5 Å². The van der Waals surface area contributed by atoms with Crippen molar-refractivity contribution >= 4 is 56.1 Å². The highest BCUT2D eigenvalue weighted by atomic mass is 79.9. The fourth-order valence-electron chi connectivity index (χ4n) is 2.74. The Balaban J connectivity index is 1.68. The van der Waals surface area contributed by atoms with E-state index in [1.807, 2.05) is 31.2 Å². The molecule has 0 radical (unpaired) electrons. The minimum atomic E-state index is -0.619. The summed E-state index contributed by atoms with van der Waals surface area (Å²) in [7, 11) is 1.60. The van der Waals surface area contributed by atoms with Gasteiger partial charge in [0.1, 0.15) is 11.0 Å². The molecule has 1 unspecified atom stereocenters. The SMILES string of the molecule is COc1ccc(C(C)=NN=C(N)SC2CC(=O)N(c3ccc(Br)cc3)C2=O)cc1. The van der Waals surface area contributed by atoms with Crippen molar-refractivity contribution in [3.63, 3.8) is 0 Å². The molecule has 3 rings (SSSR count). The molecule has 0 bridgehead atoms. The van der Waals surface area contributed by atoms with Gasteiger partial charge in [0.25, 0.3) is 0 Å². The van der Waals surface area contributed by atoms with Crippen LogP contribution in [0.15, 0.2) is 63.2 Å². The number of anilines is 1. The molecule has 2 N–H and O–H groups in total. The van der Waals surface area contributed by atoms with Gasteiger partial charge in [0.2, 0.25) is 11.8 Å². The second-order valence-corrected chi connectivity index (χ2v) is 8.35. The molecular formula is C20H19BrN4O3S. The number of carbonyl (C=O) groups is 2. The van der Waals surface area contributed by atoms with Gasteiger partial charge >= 0.3 is 0 Å². The number of nitrogens with zero attached hydrogens (tertiary/aromatic N) is 3. The lowest BCUT2D eigenvalue weighted by Gasteiger charge is -2.14. The Bertz CT molecular complexity index is 974. The van der Waals surface area contributed by atoms with Crippen LogP contribution in [0.25, 0.3) is 0 Å². The smallest absolute Gasteiger partial charge is 0.247 e. The standard InChI is InChI=1S/C20H19BrN4O3S/c1-12(13-3-9-16(28-2)10-4-13)23-24-20(22)29-17-11-18(26)25(19(17)27)15-7-5-14(21)6-8-15/h3-10,17H,11H2,1-2H3,(H2,22,24). The van der Waals surface area contributed by atoms with Crippen LogP contribution >= 0.6 is 27.7 Å². The summed E-state index contributed by atoms with van der Waals surface area (Å²) < 4.78 is 6.00. The molecule has 1 saturated heterocycles. The minimum Gasteiger partial charge on any atom is -0.497 e. The van der Waals surface area contributed by atoms with E-state index in [0.29, 0.717) is 11.4 Å². The summed E-state index contributed by atoms with van der Waals surface area (Å²) in [6.07, 6.45) is 0.0664. The Hall–Kier alpha value is -2.65. The average molecular weight is 475 g/mol. The minimum absolute atomic E-state index is 0.0664. The molecule has 1 aliphatic heterocycles. The van der Waals surface area contributed by atoms with Crippen molar-refractivity contribution in [2.45, 2.75) is 18.6 Å². The van der Waals surface area contributed by atoms with Crippen molar-refractivity contribution in [2.75, 3.05) is 12.0 Å². The third kappa shape index (κ3) is 5.04. The number of methoxy groups -OCH3 is 1. The highest BCUT2D eigenvalue weighted by Crippen LogP contribution is 2.30. The Morgan fingerprint density at radius 2 is 1.79 bits per heavy atom. The summed E-state index contributed by atoms with van der Waals surface area (Å²) in [5.74, 6) is 0.178.